The van der Waals surface area contributed by atoms with Crippen LogP contribution in [0.25, 0.3) is 0 Å². The summed E-state index contributed by atoms with van der Waals surface area (Å²) < 4.78 is 0. The van der Waals surface area contributed by atoms with Crippen molar-refractivity contribution in [2.24, 2.45) is 0 Å². The van der Waals surface area contributed by atoms with Crippen LogP contribution in [0.5, 0.6) is 0 Å². The molecule has 1 rings (SSSR count). The smallest absolute Gasteiger partial charge is 0.300 e. The fourth-order valence-electron chi connectivity index (χ4n) is 1.09. The largest absolute Gasteiger partial charge is 0.481 e. The van der Waals surface area contributed by atoms with Gasteiger partial charge >= 0.3 is 0 Å². The lowest BCUT2D eigenvalue weighted by Gasteiger charge is -2.23. The van der Waals surface area contributed by atoms with Crippen LogP contribution in [0.2, 0.25) is 5.28 Å². The van der Waals surface area contributed by atoms with Crippen molar-refractivity contribution in [1.29, 1.82) is 0 Å². The van der Waals surface area contributed by atoms with Crippen molar-refractivity contribution >= 4 is 46.6 Å². The molecule has 0 heterocycles. The first-order chi connectivity index (χ1) is 10.4. The van der Waals surface area contributed by atoms with Gasteiger partial charge in [0.15, 0.2) is 0 Å². The highest BCUT2D eigenvalue weighted by molar-refractivity contribution is 6.09. The quantitative estimate of drug-likeness (QED) is 0.682. The van der Waals surface area contributed by atoms with Gasteiger partial charge in [0.1, 0.15) is 0 Å². The maximum atomic E-state index is 9.00. The molecule has 0 aliphatic heterocycles. The second-order valence-corrected chi connectivity index (χ2v) is 5.87. The van der Waals surface area contributed by atoms with Gasteiger partial charge < -0.3 is 15.3 Å². The van der Waals surface area contributed by atoms with Gasteiger partial charge in [-0.1, -0.05) is 49.5 Å². The van der Waals surface area contributed by atoms with Crippen LogP contribution in [0.4, 0.5) is 0 Å². The number of halogens is 1. The Labute approximate surface area is 157 Å². The third kappa shape index (κ3) is 32.4. The van der Waals surface area contributed by atoms with Crippen LogP contribution < -0.4 is 0 Å². The lowest BCUT2D eigenvalue weighted by atomic mass is 9.87. The van der Waals surface area contributed by atoms with E-state index in [0.717, 1.165) is 20.8 Å². The highest BCUT2D eigenvalue weighted by Crippen LogP contribution is 2.25. The third-order valence-corrected chi connectivity index (χ3v) is 4.21. The fraction of sp³-hybridized carbons (Fsp3) is 0.438. The summed E-state index contributed by atoms with van der Waals surface area (Å²) in [5.41, 5.74) is 1.86. The summed E-state index contributed by atoms with van der Waals surface area (Å²) in [5, 5.41) is 23.6. The number of carboxylic acids is 3. The van der Waals surface area contributed by atoms with E-state index in [1.807, 2.05) is 0 Å². The van der Waals surface area contributed by atoms with Crippen LogP contribution >= 0.6 is 12.4 Å². The monoisotopic (exact) mass is 378 g/mol. The predicted octanol–water partition coefficient (Wildman–Crippen LogP) is 2.71. The minimum atomic E-state index is -0.833. The van der Waals surface area contributed by atoms with Crippen molar-refractivity contribution in [3.63, 3.8) is 0 Å². The van der Waals surface area contributed by atoms with Gasteiger partial charge in [0.05, 0.1) is 0 Å². The Morgan fingerprint density at radius 1 is 0.875 bits per heavy atom. The van der Waals surface area contributed by atoms with Crippen molar-refractivity contribution in [3.05, 3.63) is 35.9 Å². The van der Waals surface area contributed by atoms with E-state index in [9.17, 15) is 0 Å². The Morgan fingerprint density at radius 2 is 1.12 bits per heavy atom. The molecule has 1 aromatic carbocycles. The Bertz CT molecular complexity index is 422. The van der Waals surface area contributed by atoms with Crippen molar-refractivity contribution in [1.82, 2.24) is 0 Å². The number of aliphatic carboxylic acids is 3. The molecule has 0 fully saturated rings. The van der Waals surface area contributed by atoms with Crippen molar-refractivity contribution < 1.29 is 29.7 Å². The number of carbonyl (C=O) groups is 3. The number of benzene rings is 1. The van der Waals surface area contributed by atoms with Crippen molar-refractivity contribution in [2.75, 3.05) is 0 Å². The molecule has 0 bridgehead atoms. The maximum Gasteiger partial charge on any atom is 0.300 e. The molecule has 0 radical (unpaired) electrons. The van der Waals surface area contributed by atoms with E-state index in [-0.39, 0.29) is 12.4 Å². The van der Waals surface area contributed by atoms with E-state index < -0.39 is 17.9 Å². The summed E-state index contributed by atoms with van der Waals surface area (Å²) in [5.74, 6) is -2.50. The molecule has 138 valence electrons. The number of rotatable bonds is 2. The Kier molecular flexibility index (Phi) is 22.5. The molecule has 0 aliphatic rings. The van der Waals surface area contributed by atoms with E-state index in [0.29, 0.717) is 5.41 Å². The summed E-state index contributed by atoms with van der Waals surface area (Å²) in [7, 11) is 0. The van der Waals surface area contributed by atoms with Gasteiger partial charge in [-0.2, -0.15) is 0 Å². The van der Waals surface area contributed by atoms with Gasteiger partial charge in [0, 0.05) is 20.8 Å². The predicted molar refractivity (Wildman–Crippen MR) is 100.0 cm³/mol. The van der Waals surface area contributed by atoms with Crippen LogP contribution in [0.1, 0.15) is 40.2 Å². The summed E-state index contributed by atoms with van der Waals surface area (Å²) in [6.07, 6.45) is 0. The van der Waals surface area contributed by atoms with Crippen LogP contribution in [-0.4, -0.2) is 49.5 Å². The minimum absolute atomic E-state index is 0. The minimum Gasteiger partial charge on any atom is -0.481 e. The highest BCUT2D eigenvalue weighted by Gasteiger charge is 2.16. The van der Waals surface area contributed by atoms with E-state index in [2.05, 4.69) is 44.2 Å². The Morgan fingerprint density at radius 3 is 1.33 bits per heavy atom. The van der Waals surface area contributed by atoms with Gasteiger partial charge in [0.2, 0.25) is 16.3 Å². The maximum absolute atomic E-state index is 9.00. The number of hydrogen-bond acceptors (Lipinski definition) is 3. The van der Waals surface area contributed by atoms with Crippen LogP contribution in [0.3, 0.4) is 0 Å². The molecule has 3 N–H and O–H groups in total. The molecule has 0 amide bonds. The third-order valence-electron chi connectivity index (χ3n) is 2.44. The summed E-state index contributed by atoms with van der Waals surface area (Å²) in [6.45, 7) is 7.88. The molecule has 0 aromatic heterocycles. The lowest BCUT2D eigenvalue weighted by Crippen LogP contribution is -2.15. The lowest BCUT2D eigenvalue weighted by molar-refractivity contribution is -0.135. The molecule has 6 nitrogen and oxygen atoms in total. The molecule has 0 atom stereocenters. The topological polar surface area (TPSA) is 112 Å². The van der Waals surface area contributed by atoms with E-state index >= 15 is 0 Å². The molecule has 24 heavy (non-hydrogen) atoms. The molecule has 0 unspecified atom stereocenters. The van der Waals surface area contributed by atoms with Gasteiger partial charge in [-0.05, 0) is 11.0 Å². The molecule has 0 saturated heterocycles. The normalized spacial score (nSPS) is 8.38. The number of hydrogen-bond donors (Lipinski definition) is 3. The van der Waals surface area contributed by atoms with Crippen molar-refractivity contribution in [2.45, 2.75) is 45.3 Å². The molecular formula is C16H28AlClO6. The average Bonchev–Trinajstić information content (AvgIpc) is 2.38. The molecule has 0 aliphatic carbocycles. The van der Waals surface area contributed by atoms with Gasteiger partial charge in [0.25, 0.3) is 17.9 Å². The first-order valence-corrected chi connectivity index (χ1v) is 8.42. The van der Waals surface area contributed by atoms with E-state index in [1.54, 1.807) is 0 Å². The fourth-order valence-corrected chi connectivity index (χ4v) is 1.50. The summed E-state index contributed by atoms with van der Waals surface area (Å²) >= 11 is 1.28. The molecular weight excluding hydrogens is 351 g/mol. The van der Waals surface area contributed by atoms with Crippen LogP contribution in [-0.2, 0) is 19.8 Å². The molecule has 0 spiro atoms. The molecule has 1 aromatic rings. The molecule has 8 heteroatoms. The second kappa shape index (κ2) is 17.8. The van der Waals surface area contributed by atoms with E-state index in [1.165, 1.54) is 27.1 Å². The standard InChI is InChI=1S/C10H13.3C2H4O2.Al.ClH.2H/c1-10(2,3)9-7-5-4-6-8-9;3*1-2(3)4;;;;/h4-8H,1H2,2-3H3;3*1H3,(H,3,4);;1H;;. The summed E-state index contributed by atoms with van der Waals surface area (Å²) in [4.78, 5) is 27.0. The first kappa shape index (κ1) is 30.3. The van der Waals surface area contributed by atoms with Crippen LogP contribution in [0.15, 0.2) is 30.3 Å². The van der Waals surface area contributed by atoms with Crippen molar-refractivity contribution in [3.8, 4) is 0 Å². The highest BCUT2D eigenvalue weighted by atomic mass is 35.5. The average molecular weight is 379 g/mol. The zero-order chi connectivity index (χ0) is 19.1. The summed E-state index contributed by atoms with van der Waals surface area (Å²) in [6, 6.07) is 10.8. The zero-order valence-electron chi connectivity index (χ0n) is 15.1. The Balaban J connectivity index is -0.000000130. The second-order valence-electron chi connectivity index (χ2n) is 5.16. The first-order valence-electron chi connectivity index (χ1n) is 7.00. The SMILES string of the molecule is CC(=O)O.CC(=O)O.CC(=O)O.CC(C)([CH2][AlH2])c1ccccc1.Cl. The molecule has 0 saturated carbocycles. The van der Waals surface area contributed by atoms with Gasteiger partial charge in [-0.15, -0.1) is 12.4 Å². The van der Waals surface area contributed by atoms with Crippen LogP contribution in [0, 0.1) is 0 Å². The number of carboxylic acid groups (broad SMARTS) is 3. The van der Waals surface area contributed by atoms with Gasteiger partial charge in [-0.3, -0.25) is 14.4 Å². The van der Waals surface area contributed by atoms with Gasteiger partial charge in [-0.25, -0.2) is 0 Å². The zero-order valence-corrected chi connectivity index (χ0v) is 17.9. The Hall–Kier alpha value is -1.55. The van der Waals surface area contributed by atoms with E-state index in [4.69, 9.17) is 29.7 Å².